The smallest absolute Gasteiger partial charge is 0.302 e. The van der Waals surface area contributed by atoms with E-state index in [1.165, 1.54) is 13.3 Å². The number of fused-ring (bicyclic) bond motifs is 3. The summed E-state index contributed by atoms with van der Waals surface area (Å²) in [5.41, 5.74) is 0.0900. The number of esters is 1. The number of hydrogen-bond acceptors (Lipinski definition) is 4. The fourth-order valence-corrected chi connectivity index (χ4v) is 7.29. The van der Waals surface area contributed by atoms with Gasteiger partial charge in [-0.15, -0.1) is 0 Å². The summed E-state index contributed by atoms with van der Waals surface area (Å²) in [6, 6.07) is 0. The van der Waals surface area contributed by atoms with Crippen LogP contribution in [0.3, 0.4) is 0 Å². The van der Waals surface area contributed by atoms with Crippen LogP contribution in [0.15, 0.2) is 0 Å². The van der Waals surface area contributed by atoms with Gasteiger partial charge in [0.2, 0.25) is 0 Å². The van der Waals surface area contributed by atoms with Crippen LogP contribution in [0.5, 0.6) is 0 Å². The highest BCUT2D eigenvalue weighted by molar-refractivity contribution is 5.66. The second-order valence-electron chi connectivity index (χ2n) is 10.7. The van der Waals surface area contributed by atoms with E-state index in [-0.39, 0.29) is 34.1 Å². The Labute approximate surface area is 158 Å². The minimum Gasteiger partial charge on any atom is -0.462 e. The lowest BCUT2D eigenvalue weighted by atomic mass is 9.43. The number of hydrogen-bond donors (Lipinski definition) is 0. The molecule has 0 aromatic carbocycles. The Hall–Kier alpha value is -0.610. The monoisotopic (exact) mass is 364 g/mol. The summed E-state index contributed by atoms with van der Waals surface area (Å²) in [7, 11) is 0. The molecule has 0 spiro atoms. The highest BCUT2D eigenvalue weighted by Gasteiger charge is 2.65. The van der Waals surface area contributed by atoms with Crippen molar-refractivity contribution in [1.82, 2.24) is 0 Å². The Bertz CT molecular complexity index is 597. The fourth-order valence-electron chi connectivity index (χ4n) is 7.29. The zero-order chi connectivity index (χ0) is 19.0. The van der Waals surface area contributed by atoms with Crippen LogP contribution in [-0.4, -0.2) is 36.0 Å². The van der Waals surface area contributed by atoms with Crippen LogP contribution in [-0.2, 0) is 19.0 Å². The first kappa shape index (κ1) is 18.7. The summed E-state index contributed by atoms with van der Waals surface area (Å²) < 4.78 is 18.2. The minimum absolute atomic E-state index is 0.0142. The quantitative estimate of drug-likeness (QED) is 0.535. The van der Waals surface area contributed by atoms with Crippen LogP contribution in [0.4, 0.5) is 0 Å². The molecule has 4 aliphatic rings. The van der Waals surface area contributed by atoms with Crippen LogP contribution in [0.2, 0.25) is 0 Å². The Morgan fingerprint density at radius 3 is 2.15 bits per heavy atom. The molecule has 0 radical (unpaired) electrons. The molecule has 0 bridgehead atoms. The maximum absolute atomic E-state index is 11.6. The second-order valence-corrected chi connectivity index (χ2v) is 10.7. The molecule has 0 unspecified atom stereocenters. The van der Waals surface area contributed by atoms with Crippen molar-refractivity contribution < 1.29 is 19.0 Å². The van der Waals surface area contributed by atoms with Gasteiger partial charge in [0.05, 0.1) is 17.8 Å². The van der Waals surface area contributed by atoms with Gasteiger partial charge >= 0.3 is 5.97 Å². The number of carbonyl (C=O) groups is 1. The molecule has 7 atom stereocenters. The van der Waals surface area contributed by atoms with Crippen LogP contribution < -0.4 is 0 Å². The van der Waals surface area contributed by atoms with Crippen LogP contribution >= 0.6 is 0 Å². The lowest BCUT2D eigenvalue weighted by molar-refractivity contribution is -0.277. The van der Waals surface area contributed by atoms with E-state index in [4.69, 9.17) is 14.2 Å². The van der Waals surface area contributed by atoms with E-state index in [2.05, 4.69) is 34.6 Å². The summed E-state index contributed by atoms with van der Waals surface area (Å²) in [6.07, 6.45) is 6.97. The first-order valence-electron chi connectivity index (χ1n) is 10.5. The summed E-state index contributed by atoms with van der Waals surface area (Å²) in [6.45, 7) is 14.1. The molecule has 4 heteroatoms. The topological polar surface area (TPSA) is 48.1 Å². The SMILES string of the molecule is CC(=O)O[C@@H]1CC[C@]2(C)[C@H](CC[C@]3(C)O[C@@](C)([C@@H]4CO4)CC[C@@H]23)C1(C)C. The molecule has 0 aromatic rings. The molecule has 0 N–H and O–H groups in total. The largest absolute Gasteiger partial charge is 0.462 e. The molecule has 148 valence electrons. The fraction of sp³-hybridized carbons (Fsp3) is 0.955. The summed E-state index contributed by atoms with van der Waals surface area (Å²) >= 11 is 0. The number of ether oxygens (including phenoxy) is 3. The average molecular weight is 365 g/mol. The van der Waals surface area contributed by atoms with Crippen molar-refractivity contribution in [3.05, 3.63) is 0 Å². The third-order valence-electron chi connectivity index (χ3n) is 8.65. The summed E-state index contributed by atoms with van der Waals surface area (Å²) in [5, 5.41) is 0. The predicted molar refractivity (Wildman–Crippen MR) is 99.8 cm³/mol. The summed E-state index contributed by atoms with van der Waals surface area (Å²) in [5.74, 6) is 0.989. The molecule has 0 amide bonds. The first-order valence-corrected chi connectivity index (χ1v) is 10.5. The van der Waals surface area contributed by atoms with Crippen molar-refractivity contribution in [3.8, 4) is 0 Å². The zero-order valence-corrected chi connectivity index (χ0v) is 17.4. The first-order chi connectivity index (χ1) is 12.0. The lowest BCUT2D eigenvalue weighted by Crippen LogP contribution is -2.65. The van der Waals surface area contributed by atoms with Gasteiger partial charge in [0.25, 0.3) is 0 Å². The normalized spacial score (nSPS) is 52.5. The molecule has 4 rings (SSSR count). The van der Waals surface area contributed by atoms with Crippen molar-refractivity contribution >= 4 is 5.97 Å². The molecular formula is C22H36O4. The van der Waals surface area contributed by atoms with Crippen LogP contribution in [0.1, 0.15) is 80.1 Å². The Morgan fingerprint density at radius 2 is 1.54 bits per heavy atom. The number of rotatable bonds is 2. The van der Waals surface area contributed by atoms with Gasteiger partial charge < -0.3 is 14.2 Å². The molecule has 2 aliphatic heterocycles. The molecule has 4 nitrogen and oxygen atoms in total. The highest BCUT2D eigenvalue weighted by Crippen LogP contribution is 2.66. The third kappa shape index (κ3) is 2.66. The Kier molecular flexibility index (Phi) is 4.11. The van der Waals surface area contributed by atoms with Gasteiger partial charge in [-0.2, -0.15) is 0 Å². The van der Waals surface area contributed by atoms with E-state index in [1.54, 1.807) is 0 Å². The average Bonchev–Trinajstić information content (AvgIpc) is 3.34. The molecule has 4 fully saturated rings. The van der Waals surface area contributed by atoms with Crippen LogP contribution in [0.25, 0.3) is 0 Å². The second kappa shape index (κ2) is 5.70. The van der Waals surface area contributed by atoms with Gasteiger partial charge in [-0.25, -0.2) is 0 Å². The highest BCUT2D eigenvalue weighted by atomic mass is 16.6. The third-order valence-corrected chi connectivity index (χ3v) is 8.65. The number of carbonyl (C=O) groups excluding carboxylic acids is 1. The van der Waals surface area contributed by atoms with Gasteiger partial charge in [-0.1, -0.05) is 20.8 Å². The van der Waals surface area contributed by atoms with Gasteiger partial charge in [0.15, 0.2) is 0 Å². The Balaban J connectivity index is 1.61. The van der Waals surface area contributed by atoms with Crippen molar-refractivity contribution in [3.63, 3.8) is 0 Å². The van der Waals surface area contributed by atoms with E-state index >= 15 is 0 Å². The van der Waals surface area contributed by atoms with E-state index in [0.29, 0.717) is 17.9 Å². The maximum atomic E-state index is 11.6. The number of epoxide rings is 1. The molecule has 2 saturated heterocycles. The molecule has 26 heavy (non-hydrogen) atoms. The standard InChI is InChI=1S/C22H36O4/c1-14(23)25-17-9-10-20(4)15(19(17,2)3)7-11-21(5)16(20)8-12-22(6,26-21)18-13-24-18/h15-18H,7-13H2,1-6H3/t15-,16+,17-,18+,20-,21+,22-/m1/s1. The predicted octanol–water partition coefficient (Wildman–Crippen LogP) is 4.50. The van der Waals surface area contributed by atoms with Gasteiger partial charge in [-0.05, 0) is 69.6 Å². The van der Waals surface area contributed by atoms with E-state index in [0.717, 1.165) is 38.7 Å². The van der Waals surface area contributed by atoms with Gasteiger partial charge in [0.1, 0.15) is 12.2 Å². The minimum atomic E-state index is -0.145. The van der Waals surface area contributed by atoms with E-state index in [1.807, 2.05) is 0 Å². The van der Waals surface area contributed by atoms with Crippen molar-refractivity contribution in [2.75, 3.05) is 6.61 Å². The van der Waals surface area contributed by atoms with Crippen molar-refractivity contribution in [2.24, 2.45) is 22.7 Å². The molecule has 2 saturated carbocycles. The lowest BCUT2D eigenvalue weighted by Gasteiger charge is -2.66. The van der Waals surface area contributed by atoms with E-state index < -0.39 is 0 Å². The van der Waals surface area contributed by atoms with Crippen molar-refractivity contribution in [1.29, 1.82) is 0 Å². The van der Waals surface area contributed by atoms with Crippen LogP contribution in [0, 0.1) is 22.7 Å². The molecule has 2 aliphatic carbocycles. The molecular weight excluding hydrogens is 328 g/mol. The molecule has 0 aromatic heterocycles. The van der Waals surface area contributed by atoms with Gasteiger partial charge in [-0.3, -0.25) is 4.79 Å². The Morgan fingerprint density at radius 1 is 0.923 bits per heavy atom. The maximum Gasteiger partial charge on any atom is 0.302 e. The van der Waals surface area contributed by atoms with Gasteiger partial charge in [0, 0.05) is 12.3 Å². The molecule has 2 heterocycles. The van der Waals surface area contributed by atoms with E-state index in [9.17, 15) is 4.79 Å². The summed E-state index contributed by atoms with van der Waals surface area (Å²) in [4.78, 5) is 11.6. The zero-order valence-electron chi connectivity index (χ0n) is 17.4. The van der Waals surface area contributed by atoms with Crippen molar-refractivity contribution in [2.45, 2.75) is 103 Å².